The van der Waals surface area contributed by atoms with Gasteiger partial charge in [-0.15, -0.1) is 11.3 Å². The fourth-order valence-electron chi connectivity index (χ4n) is 8.85. The summed E-state index contributed by atoms with van der Waals surface area (Å²) in [5.41, 5.74) is 4.67. The van der Waals surface area contributed by atoms with Crippen LogP contribution < -0.4 is 26.0 Å². The molecule has 394 valence electrons. The van der Waals surface area contributed by atoms with E-state index in [1.807, 2.05) is 47.9 Å². The van der Waals surface area contributed by atoms with E-state index in [-0.39, 0.29) is 95.8 Å². The van der Waals surface area contributed by atoms with Gasteiger partial charge in [0.25, 0.3) is 5.91 Å². The SMILES string of the molecule is COc1cnc(C(=O)NCc2cccc(CC(=O)NCCOCCOCC(=O)N[C@H](C(=O)N3C[C@H](O)C[C@H]3C(=O)NCc3ccc(-c4sccc4C)cc3)C(C)(C)C)c2)cc1/C=C/[C@H]1CC[C@H](C(F)(F)F)CC1. The maximum atomic E-state index is 14.0. The molecule has 0 spiro atoms. The number of methoxy groups -OCH3 is 1. The molecule has 3 atom stereocenters. The number of ether oxygens (including phenoxy) is 3. The molecule has 19 heteroatoms. The van der Waals surface area contributed by atoms with Gasteiger partial charge in [0.2, 0.25) is 23.6 Å². The number of aliphatic hydroxyl groups excluding tert-OH is 1. The van der Waals surface area contributed by atoms with Crippen molar-refractivity contribution in [2.75, 3.05) is 46.6 Å². The second-order valence-electron chi connectivity index (χ2n) is 19.6. The second-order valence-corrected chi connectivity index (χ2v) is 20.5. The van der Waals surface area contributed by atoms with E-state index in [4.69, 9.17) is 14.2 Å². The van der Waals surface area contributed by atoms with Gasteiger partial charge < -0.3 is 45.5 Å². The van der Waals surface area contributed by atoms with E-state index in [1.54, 1.807) is 56.4 Å². The van der Waals surface area contributed by atoms with Crippen LogP contribution in [0.5, 0.6) is 5.75 Å². The summed E-state index contributed by atoms with van der Waals surface area (Å²) in [6.07, 6.45) is 1.20. The van der Waals surface area contributed by atoms with Gasteiger partial charge >= 0.3 is 6.18 Å². The number of hydrogen-bond acceptors (Lipinski definition) is 11. The number of nitrogens with zero attached hydrogens (tertiary/aromatic N) is 2. The minimum absolute atomic E-state index is 0.00768. The van der Waals surface area contributed by atoms with Gasteiger partial charge in [-0.2, -0.15) is 13.2 Å². The second kappa shape index (κ2) is 26.2. The largest absolute Gasteiger partial charge is 0.495 e. The number of amides is 5. The number of alkyl halides is 3. The number of benzene rings is 2. The van der Waals surface area contributed by atoms with Crippen LogP contribution in [-0.4, -0.2) is 116 Å². The van der Waals surface area contributed by atoms with Crippen LogP contribution >= 0.6 is 11.3 Å². The highest BCUT2D eigenvalue weighted by atomic mass is 32.1. The smallest absolute Gasteiger partial charge is 0.391 e. The molecule has 1 saturated carbocycles. The minimum atomic E-state index is -4.17. The molecule has 15 nitrogen and oxygen atoms in total. The Morgan fingerprint density at radius 1 is 0.877 bits per heavy atom. The summed E-state index contributed by atoms with van der Waals surface area (Å²) in [6.45, 7) is 8.11. The molecule has 2 aromatic heterocycles. The zero-order valence-electron chi connectivity index (χ0n) is 42.0. The number of pyridine rings is 1. The van der Waals surface area contributed by atoms with E-state index < -0.39 is 59.3 Å². The number of carbonyl (C=O) groups excluding carboxylic acids is 5. The van der Waals surface area contributed by atoms with Crippen molar-refractivity contribution in [2.24, 2.45) is 17.3 Å². The zero-order chi connectivity index (χ0) is 52.7. The number of aromatic nitrogens is 1. The number of halogens is 3. The number of hydrogen-bond donors (Lipinski definition) is 5. The summed E-state index contributed by atoms with van der Waals surface area (Å²) >= 11 is 1.67. The molecule has 0 unspecified atom stereocenters. The summed E-state index contributed by atoms with van der Waals surface area (Å²) in [4.78, 5) is 73.0. The predicted octanol–water partition coefficient (Wildman–Crippen LogP) is 6.94. The number of allylic oxidation sites excluding steroid dienone is 1. The first-order chi connectivity index (χ1) is 34.8. The Balaban J connectivity index is 0.860. The first-order valence-corrected chi connectivity index (χ1v) is 25.4. The summed E-state index contributed by atoms with van der Waals surface area (Å²) < 4.78 is 55.8. The van der Waals surface area contributed by atoms with Gasteiger partial charge in [-0.25, -0.2) is 4.98 Å². The van der Waals surface area contributed by atoms with Crippen molar-refractivity contribution in [3.05, 3.63) is 112 Å². The molecular weight excluding hydrogens is 966 g/mol. The van der Waals surface area contributed by atoms with Crippen molar-refractivity contribution in [3.63, 3.8) is 0 Å². The molecule has 73 heavy (non-hydrogen) atoms. The van der Waals surface area contributed by atoms with Crippen molar-refractivity contribution >= 4 is 46.9 Å². The van der Waals surface area contributed by atoms with Gasteiger partial charge in [0.1, 0.15) is 30.1 Å². The lowest BCUT2D eigenvalue weighted by molar-refractivity contribution is -0.183. The van der Waals surface area contributed by atoms with Crippen LogP contribution in [0.25, 0.3) is 16.5 Å². The summed E-state index contributed by atoms with van der Waals surface area (Å²) in [5.74, 6) is -2.91. The molecule has 0 radical (unpaired) electrons. The third-order valence-corrected chi connectivity index (χ3v) is 14.0. The highest BCUT2D eigenvalue weighted by Crippen LogP contribution is 2.40. The first kappa shape index (κ1) is 56.2. The van der Waals surface area contributed by atoms with E-state index in [9.17, 15) is 42.3 Å². The van der Waals surface area contributed by atoms with Crippen LogP contribution in [0.2, 0.25) is 0 Å². The zero-order valence-corrected chi connectivity index (χ0v) is 42.8. The van der Waals surface area contributed by atoms with Crippen LogP contribution in [0.1, 0.15) is 91.2 Å². The third-order valence-electron chi connectivity index (χ3n) is 12.9. The van der Waals surface area contributed by atoms with Gasteiger partial charge in [-0.05, 0) is 89.3 Å². The number of nitrogens with one attached hydrogen (secondary N) is 4. The molecule has 2 fully saturated rings. The molecule has 2 aliphatic rings. The fraction of sp³-hybridized carbons (Fsp3) is 0.481. The topological polar surface area (TPSA) is 198 Å². The van der Waals surface area contributed by atoms with E-state index in [1.165, 1.54) is 28.6 Å². The van der Waals surface area contributed by atoms with Gasteiger partial charge in [0.05, 0.1) is 51.6 Å². The lowest BCUT2D eigenvalue weighted by Gasteiger charge is -2.35. The highest BCUT2D eigenvalue weighted by Gasteiger charge is 2.45. The van der Waals surface area contributed by atoms with Crippen LogP contribution in [-0.2, 0) is 48.2 Å². The quantitative estimate of drug-likeness (QED) is 0.0515. The minimum Gasteiger partial charge on any atom is -0.495 e. The first-order valence-electron chi connectivity index (χ1n) is 24.5. The van der Waals surface area contributed by atoms with Crippen LogP contribution in [0, 0.1) is 24.2 Å². The summed E-state index contributed by atoms with van der Waals surface area (Å²) in [6, 6.07) is 16.9. The Morgan fingerprint density at radius 2 is 1.59 bits per heavy atom. The normalized spacial score (nSPS) is 18.6. The molecule has 3 heterocycles. The van der Waals surface area contributed by atoms with Crippen molar-refractivity contribution in [1.29, 1.82) is 0 Å². The molecule has 5 N–H and O–H groups in total. The molecule has 1 saturated heterocycles. The monoisotopic (exact) mass is 1030 g/mol. The number of carbonyl (C=O) groups is 5. The van der Waals surface area contributed by atoms with Gasteiger partial charge in [-0.1, -0.05) is 81.5 Å². The van der Waals surface area contributed by atoms with Gasteiger partial charge in [-0.3, -0.25) is 24.0 Å². The maximum absolute atomic E-state index is 14.0. The molecule has 1 aliphatic heterocycles. The van der Waals surface area contributed by atoms with Gasteiger partial charge in [0, 0.05) is 43.0 Å². The Kier molecular flexibility index (Phi) is 20.1. The molecule has 1 aliphatic carbocycles. The van der Waals surface area contributed by atoms with E-state index in [2.05, 4.69) is 39.2 Å². The van der Waals surface area contributed by atoms with E-state index in [0.717, 1.165) is 22.3 Å². The Hall–Kier alpha value is -6.15. The summed E-state index contributed by atoms with van der Waals surface area (Å²) in [5, 5.41) is 23.9. The maximum Gasteiger partial charge on any atom is 0.391 e. The number of β-amino-alcohol motifs (C(OH)–C–C–N with tert-alkyl or cyclic N) is 1. The van der Waals surface area contributed by atoms with E-state index >= 15 is 0 Å². The molecule has 6 rings (SSSR count). The molecule has 4 aromatic rings. The lowest BCUT2D eigenvalue weighted by Crippen LogP contribution is -2.58. The average Bonchev–Trinajstić information content (AvgIpc) is 3.98. The Labute approximate surface area is 428 Å². The Morgan fingerprint density at radius 3 is 2.27 bits per heavy atom. The Bertz CT molecular complexity index is 2540. The standard InChI is InChI=1S/C54H67F3N6O9S/c1-34-19-24-73-48(34)39-14-10-36(11-15-39)29-61-51(68)44-28-42(64)32-63(44)52(69)49(53(2,3)4)62-47(66)33-72-23-22-71-21-20-58-46(65)26-37-7-6-8-38(25-37)30-60-50(67)43-27-40(45(70-5)31-59-43)16-9-35-12-17-41(18-13-35)54(55,56)57/h6-11,14-16,19,24-25,27,31,35,41-42,44,49,64H,12-13,17-18,20-23,26,28-30,32-33H2,1-5H3,(H,58,65)(H,60,67)(H,61,68)(H,62,66)/b16-9+/t35-,41-,42-,44+,49-/m1/s1. The number of rotatable bonds is 22. The predicted molar refractivity (Wildman–Crippen MR) is 271 cm³/mol. The van der Waals surface area contributed by atoms with Gasteiger partial charge in [0.15, 0.2) is 0 Å². The fourth-order valence-corrected chi connectivity index (χ4v) is 9.79. The summed E-state index contributed by atoms with van der Waals surface area (Å²) in [7, 11) is 1.48. The lowest BCUT2D eigenvalue weighted by atomic mass is 9.81. The van der Waals surface area contributed by atoms with Crippen molar-refractivity contribution < 1.29 is 56.5 Å². The van der Waals surface area contributed by atoms with Crippen LogP contribution in [0.4, 0.5) is 13.2 Å². The molecule has 5 amide bonds. The third kappa shape index (κ3) is 16.7. The molecular formula is C54H67F3N6O9S. The van der Waals surface area contributed by atoms with Crippen molar-refractivity contribution in [1.82, 2.24) is 31.2 Å². The van der Waals surface area contributed by atoms with Crippen molar-refractivity contribution in [3.8, 4) is 16.2 Å². The number of likely N-dealkylation sites (tertiary alicyclic amines) is 1. The van der Waals surface area contributed by atoms with Crippen molar-refractivity contribution in [2.45, 2.75) is 104 Å². The van der Waals surface area contributed by atoms with Crippen LogP contribution in [0.3, 0.4) is 0 Å². The number of thiophene rings is 1. The number of aliphatic hydroxyl groups is 1. The van der Waals surface area contributed by atoms with E-state index in [0.29, 0.717) is 24.2 Å². The highest BCUT2D eigenvalue weighted by molar-refractivity contribution is 7.13. The molecule has 2 aromatic carbocycles. The number of aryl methyl sites for hydroxylation is 1. The van der Waals surface area contributed by atoms with Crippen LogP contribution in [0.15, 0.2) is 78.3 Å². The average molecular weight is 1030 g/mol. The molecule has 0 bridgehead atoms.